The lowest BCUT2D eigenvalue weighted by atomic mass is 9.94. The number of fused-ring (bicyclic) bond motifs is 7. The second-order valence-corrected chi connectivity index (χ2v) is 14.7. The highest BCUT2D eigenvalue weighted by atomic mass is 32.1. The van der Waals surface area contributed by atoms with E-state index < -0.39 is 0 Å². The molecule has 3 heterocycles. The molecule has 0 N–H and O–H groups in total. The molecule has 252 valence electrons. The normalized spacial score (nSPS) is 11.7. The van der Waals surface area contributed by atoms with Crippen LogP contribution in [0.15, 0.2) is 182 Å². The average molecular weight is 707 g/mol. The Morgan fingerprint density at radius 2 is 0.907 bits per heavy atom. The van der Waals surface area contributed by atoms with Gasteiger partial charge < -0.3 is 4.57 Å². The topological polar surface area (TPSA) is 43.6 Å². The van der Waals surface area contributed by atoms with Crippen LogP contribution in [0.5, 0.6) is 0 Å². The molecule has 0 aliphatic rings. The summed E-state index contributed by atoms with van der Waals surface area (Å²) in [6.45, 7) is 0. The highest BCUT2D eigenvalue weighted by molar-refractivity contribution is 7.25. The Labute approximate surface area is 315 Å². The van der Waals surface area contributed by atoms with Gasteiger partial charge in [-0.25, -0.2) is 15.0 Å². The van der Waals surface area contributed by atoms with Gasteiger partial charge in [0.25, 0.3) is 0 Å². The largest absolute Gasteiger partial charge is 0.309 e. The Hall–Kier alpha value is -6.95. The molecule has 0 aliphatic heterocycles. The predicted octanol–water partition coefficient (Wildman–Crippen LogP) is 13.2. The fourth-order valence-corrected chi connectivity index (χ4v) is 9.02. The highest BCUT2D eigenvalue weighted by Gasteiger charge is 2.21. The number of nitrogens with zero attached hydrogens (tertiary/aromatic N) is 4. The Kier molecular flexibility index (Phi) is 7.00. The van der Waals surface area contributed by atoms with Crippen molar-refractivity contribution >= 4 is 64.1 Å². The fourth-order valence-electron chi connectivity index (χ4n) is 7.93. The van der Waals surface area contributed by atoms with Crippen molar-refractivity contribution in [2.75, 3.05) is 0 Å². The lowest BCUT2D eigenvalue weighted by Gasteiger charge is -2.15. The smallest absolute Gasteiger partial charge is 0.164 e. The maximum Gasteiger partial charge on any atom is 0.164 e. The third-order valence-electron chi connectivity index (χ3n) is 10.4. The van der Waals surface area contributed by atoms with Gasteiger partial charge in [0.1, 0.15) is 0 Å². The van der Waals surface area contributed by atoms with Crippen LogP contribution < -0.4 is 0 Å². The first-order chi connectivity index (χ1) is 26.8. The molecule has 0 radical (unpaired) electrons. The number of hydrogen-bond acceptors (Lipinski definition) is 4. The molecule has 3 aromatic heterocycles. The Bertz CT molecular complexity index is 3140. The minimum absolute atomic E-state index is 0.638. The molecule has 54 heavy (non-hydrogen) atoms. The van der Waals surface area contributed by atoms with Gasteiger partial charge in [0, 0.05) is 58.9 Å². The van der Waals surface area contributed by atoms with Crippen molar-refractivity contribution in [1.29, 1.82) is 0 Å². The lowest BCUT2D eigenvalue weighted by molar-refractivity contribution is 1.07. The van der Waals surface area contributed by atoms with E-state index in [-0.39, 0.29) is 0 Å². The Morgan fingerprint density at radius 1 is 0.370 bits per heavy atom. The number of thiophene rings is 1. The summed E-state index contributed by atoms with van der Waals surface area (Å²) in [6.07, 6.45) is 0. The molecule has 0 saturated heterocycles. The summed E-state index contributed by atoms with van der Waals surface area (Å²) in [7, 11) is 0. The second kappa shape index (κ2) is 12.3. The second-order valence-electron chi connectivity index (χ2n) is 13.6. The zero-order valence-electron chi connectivity index (χ0n) is 29.0. The molecule has 0 aliphatic carbocycles. The number of hydrogen-bond donors (Lipinski definition) is 0. The number of aromatic nitrogens is 4. The van der Waals surface area contributed by atoms with E-state index in [0.717, 1.165) is 27.9 Å². The van der Waals surface area contributed by atoms with Gasteiger partial charge in [0.2, 0.25) is 0 Å². The maximum atomic E-state index is 4.99. The summed E-state index contributed by atoms with van der Waals surface area (Å²) in [5, 5.41) is 7.52. The summed E-state index contributed by atoms with van der Waals surface area (Å²) < 4.78 is 5.05. The molecular formula is C49H30N4S. The fraction of sp³-hybridized carbons (Fsp3) is 0. The minimum atomic E-state index is 0.638. The van der Waals surface area contributed by atoms with E-state index >= 15 is 0 Å². The monoisotopic (exact) mass is 706 g/mol. The van der Waals surface area contributed by atoms with E-state index in [2.05, 4.69) is 126 Å². The molecule has 11 aromatic rings. The van der Waals surface area contributed by atoms with Crippen LogP contribution >= 0.6 is 11.3 Å². The Morgan fingerprint density at radius 3 is 1.61 bits per heavy atom. The van der Waals surface area contributed by atoms with E-state index in [1.54, 1.807) is 0 Å². The van der Waals surface area contributed by atoms with Crippen LogP contribution in [-0.4, -0.2) is 19.5 Å². The SMILES string of the molecule is c1ccc(-c2nc(-c3ccccc3)nc(-c3ccc(-n4c5ccccc5c5cc6ccccc6c(-c6ccc7sc8ccccc8c7c6)c54)cc3)n2)cc1. The lowest BCUT2D eigenvalue weighted by Crippen LogP contribution is -2.00. The molecule has 5 heteroatoms. The van der Waals surface area contributed by atoms with Gasteiger partial charge in [-0.15, -0.1) is 11.3 Å². The highest BCUT2D eigenvalue weighted by Crippen LogP contribution is 2.44. The first-order valence-electron chi connectivity index (χ1n) is 18.1. The van der Waals surface area contributed by atoms with Crippen molar-refractivity contribution in [1.82, 2.24) is 19.5 Å². The first kappa shape index (κ1) is 30.7. The molecule has 4 nitrogen and oxygen atoms in total. The van der Waals surface area contributed by atoms with Gasteiger partial charge in [-0.05, 0) is 70.9 Å². The van der Waals surface area contributed by atoms with E-state index in [4.69, 9.17) is 15.0 Å². The van der Waals surface area contributed by atoms with Gasteiger partial charge in [-0.1, -0.05) is 127 Å². The summed E-state index contributed by atoms with van der Waals surface area (Å²) >= 11 is 1.86. The third-order valence-corrected chi connectivity index (χ3v) is 11.6. The van der Waals surface area contributed by atoms with Crippen molar-refractivity contribution in [2.45, 2.75) is 0 Å². The molecule has 11 rings (SSSR count). The van der Waals surface area contributed by atoms with Crippen LogP contribution in [0.4, 0.5) is 0 Å². The number of benzene rings is 8. The van der Waals surface area contributed by atoms with Crippen LogP contribution in [0, 0.1) is 0 Å². The van der Waals surface area contributed by atoms with Gasteiger partial charge in [0.05, 0.1) is 11.0 Å². The van der Waals surface area contributed by atoms with Crippen LogP contribution in [0.2, 0.25) is 0 Å². The number of para-hydroxylation sites is 1. The predicted molar refractivity (Wildman–Crippen MR) is 226 cm³/mol. The van der Waals surface area contributed by atoms with Gasteiger partial charge in [0.15, 0.2) is 17.5 Å². The molecular weight excluding hydrogens is 677 g/mol. The molecule has 8 aromatic carbocycles. The van der Waals surface area contributed by atoms with Crippen LogP contribution in [0.25, 0.3) is 104 Å². The van der Waals surface area contributed by atoms with Gasteiger partial charge >= 0.3 is 0 Å². The molecule has 0 bridgehead atoms. The standard InChI is InChI=1S/C49H30N4S/c1-3-13-31(14-4-1)47-50-48(32-15-5-2-6-16-32)52-49(51-47)33-23-26-36(27-24-33)53-42-21-11-9-19-38(42)41-29-34-17-7-8-18-37(34)45(46(41)53)35-25-28-44-40(30-35)39-20-10-12-22-43(39)54-44/h1-30H. The van der Waals surface area contributed by atoms with E-state index in [0.29, 0.717) is 17.5 Å². The van der Waals surface area contributed by atoms with Crippen molar-refractivity contribution in [3.63, 3.8) is 0 Å². The third kappa shape index (κ3) is 4.94. The van der Waals surface area contributed by atoms with E-state index in [1.165, 1.54) is 58.4 Å². The number of rotatable bonds is 5. The van der Waals surface area contributed by atoms with E-state index in [1.807, 2.05) is 72.0 Å². The first-order valence-corrected chi connectivity index (χ1v) is 18.9. The van der Waals surface area contributed by atoms with Crippen molar-refractivity contribution < 1.29 is 0 Å². The zero-order chi connectivity index (χ0) is 35.6. The summed E-state index contributed by atoms with van der Waals surface area (Å²) in [5.74, 6) is 1.94. The molecule has 0 amide bonds. The molecule has 0 spiro atoms. The molecule has 0 atom stereocenters. The average Bonchev–Trinajstić information content (AvgIpc) is 3.78. The van der Waals surface area contributed by atoms with Gasteiger partial charge in [-0.3, -0.25) is 0 Å². The molecule has 0 unspecified atom stereocenters. The summed E-state index contributed by atoms with van der Waals surface area (Å²) in [6, 6.07) is 64.6. The Balaban J connectivity index is 1.14. The minimum Gasteiger partial charge on any atom is -0.309 e. The van der Waals surface area contributed by atoms with Crippen LogP contribution in [-0.2, 0) is 0 Å². The summed E-state index contributed by atoms with van der Waals surface area (Å²) in [4.78, 5) is 14.9. The van der Waals surface area contributed by atoms with E-state index in [9.17, 15) is 0 Å². The van der Waals surface area contributed by atoms with Crippen molar-refractivity contribution in [3.05, 3.63) is 182 Å². The molecule has 0 saturated carbocycles. The van der Waals surface area contributed by atoms with Crippen molar-refractivity contribution in [3.8, 4) is 51.0 Å². The zero-order valence-corrected chi connectivity index (χ0v) is 29.8. The maximum absolute atomic E-state index is 4.99. The molecule has 0 fully saturated rings. The van der Waals surface area contributed by atoms with Crippen LogP contribution in [0.1, 0.15) is 0 Å². The van der Waals surface area contributed by atoms with Crippen molar-refractivity contribution in [2.24, 2.45) is 0 Å². The summed E-state index contributed by atoms with van der Waals surface area (Å²) in [5.41, 5.74) is 8.71. The van der Waals surface area contributed by atoms with Gasteiger partial charge in [-0.2, -0.15) is 0 Å². The quantitative estimate of drug-likeness (QED) is 0.179. The van der Waals surface area contributed by atoms with Crippen LogP contribution in [0.3, 0.4) is 0 Å².